The van der Waals surface area contributed by atoms with Crippen molar-refractivity contribution in [2.24, 2.45) is 0 Å². The molecule has 0 amide bonds. The van der Waals surface area contributed by atoms with E-state index < -0.39 is 21.6 Å². The number of alkyl halides is 2. The van der Waals surface area contributed by atoms with Gasteiger partial charge >= 0.3 is 11.9 Å². The van der Waals surface area contributed by atoms with Crippen LogP contribution in [-0.2, 0) is 9.59 Å². The number of hydrogen-bond donors (Lipinski definition) is 2. The van der Waals surface area contributed by atoms with E-state index in [4.69, 9.17) is 10.2 Å². The quantitative estimate of drug-likeness (QED) is 0.490. The Labute approximate surface area is 112 Å². The standard InChI is InChI=1S/C10H16Br2O4/c11-7(9(13)14)5-3-1-2-4-6-8(12)10(15)16/h7-8H,1-6H2,(H,13,14)(H,15,16). The fourth-order valence-electron chi connectivity index (χ4n) is 1.25. The molecule has 4 nitrogen and oxygen atoms in total. The highest BCUT2D eigenvalue weighted by atomic mass is 79.9. The van der Waals surface area contributed by atoms with Gasteiger partial charge in [0.25, 0.3) is 0 Å². The third-order valence-electron chi connectivity index (χ3n) is 2.20. The molecule has 0 aliphatic carbocycles. The zero-order valence-corrected chi connectivity index (χ0v) is 12.0. The molecule has 0 bridgehead atoms. The minimum absolute atomic E-state index is 0.463. The van der Waals surface area contributed by atoms with Crippen molar-refractivity contribution in [1.29, 1.82) is 0 Å². The van der Waals surface area contributed by atoms with E-state index in [1.807, 2.05) is 0 Å². The lowest BCUT2D eigenvalue weighted by Crippen LogP contribution is -2.12. The Hall–Kier alpha value is -0.100. The van der Waals surface area contributed by atoms with Gasteiger partial charge in [-0.2, -0.15) is 0 Å². The van der Waals surface area contributed by atoms with Gasteiger partial charge in [-0.3, -0.25) is 9.59 Å². The number of carboxylic acids is 2. The number of carboxylic acid groups (broad SMARTS) is 2. The van der Waals surface area contributed by atoms with Crippen molar-refractivity contribution >= 4 is 43.8 Å². The van der Waals surface area contributed by atoms with E-state index in [1.165, 1.54) is 0 Å². The molecule has 94 valence electrons. The molecule has 0 saturated heterocycles. The molecule has 0 aromatic heterocycles. The largest absolute Gasteiger partial charge is 0.480 e. The monoisotopic (exact) mass is 358 g/mol. The molecule has 16 heavy (non-hydrogen) atoms. The van der Waals surface area contributed by atoms with Crippen molar-refractivity contribution in [3.63, 3.8) is 0 Å². The molecule has 6 heteroatoms. The van der Waals surface area contributed by atoms with Gasteiger partial charge < -0.3 is 10.2 Å². The minimum atomic E-state index is -0.827. The summed E-state index contributed by atoms with van der Waals surface area (Å²) in [6, 6.07) is 0. The highest BCUT2D eigenvalue weighted by molar-refractivity contribution is 9.10. The van der Waals surface area contributed by atoms with Gasteiger partial charge in [0.2, 0.25) is 0 Å². The summed E-state index contributed by atoms with van der Waals surface area (Å²) in [6.45, 7) is 0. The summed E-state index contributed by atoms with van der Waals surface area (Å²) in [7, 11) is 0. The normalized spacial score (nSPS) is 14.4. The predicted molar refractivity (Wildman–Crippen MR) is 68.4 cm³/mol. The lowest BCUT2D eigenvalue weighted by Gasteiger charge is -2.05. The summed E-state index contributed by atoms with van der Waals surface area (Å²) < 4.78 is 0. The molecule has 0 fully saturated rings. The van der Waals surface area contributed by atoms with Crippen LogP contribution in [0.5, 0.6) is 0 Å². The maximum absolute atomic E-state index is 10.5. The number of rotatable bonds is 9. The number of unbranched alkanes of at least 4 members (excludes halogenated alkanes) is 3. The van der Waals surface area contributed by atoms with Crippen LogP contribution in [0.3, 0.4) is 0 Å². The second-order valence-electron chi connectivity index (χ2n) is 3.60. The van der Waals surface area contributed by atoms with Gasteiger partial charge in [0.1, 0.15) is 9.65 Å². The molecule has 0 spiro atoms. The first kappa shape index (κ1) is 15.9. The SMILES string of the molecule is O=C(O)C(Br)CCCCCCC(Br)C(=O)O. The Kier molecular flexibility index (Phi) is 8.93. The third-order valence-corrected chi connectivity index (χ3v) is 3.90. The Bertz CT molecular complexity index is 209. The highest BCUT2D eigenvalue weighted by Crippen LogP contribution is 2.15. The van der Waals surface area contributed by atoms with Crippen LogP contribution in [0.15, 0.2) is 0 Å². The van der Waals surface area contributed by atoms with Gasteiger partial charge in [-0.1, -0.05) is 57.5 Å². The molecule has 0 aliphatic heterocycles. The molecule has 0 aromatic rings. The minimum Gasteiger partial charge on any atom is -0.480 e. The molecule has 0 heterocycles. The van der Waals surface area contributed by atoms with E-state index in [2.05, 4.69) is 31.9 Å². The van der Waals surface area contributed by atoms with Crippen molar-refractivity contribution in [2.75, 3.05) is 0 Å². The van der Waals surface area contributed by atoms with Gasteiger partial charge in [0, 0.05) is 0 Å². The summed E-state index contributed by atoms with van der Waals surface area (Å²) in [6.07, 6.45) is 4.81. The van der Waals surface area contributed by atoms with E-state index in [0.717, 1.165) is 25.7 Å². The van der Waals surface area contributed by atoms with Gasteiger partial charge in [0.15, 0.2) is 0 Å². The second-order valence-corrected chi connectivity index (χ2v) is 5.81. The van der Waals surface area contributed by atoms with Crippen LogP contribution in [0, 0.1) is 0 Å². The fraction of sp³-hybridized carbons (Fsp3) is 0.800. The number of carbonyl (C=O) groups is 2. The molecular formula is C10H16Br2O4. The van der Waals surface area contributed by atoms with Gasteiger partial charge in [-0.15, -0.1) is 0 Å². The fourth-order valence-corrected chi connectivity index (χ4v) is 1.90. The Morgan fingerprint density at radius 3 is 1.38 bits per heavy atom. The second kappa shape index (κ2) is 8.98. The molecule has 0 radical (unpaired) electrons. The average Bonchev–Trinajstić information content (AvgIpc) is 2.21. The first-order chi connectivity index (χ1) is 7.45. The van der Waals surface area contributed by atoms with E-state index in [0.29, 0.717) is 12.8 Å². The van der Waals surface area contributed by atoms with Gasteiger partial charge in [0.05, 0.1) is 0 Å². The Balaban J connectivity index is 3.34. The summed E-state index contributed by atoms with van der Waals surface area (Å²) in [4.78, 5) is 20.0. The van der Waals surface area contributed by atoms with E-state index in [-0.39, 0.29) is 0 Å². The van der Waals surface area contributed by atoms with E-state index >= 15 is 0 Å². The van der Waals surface area contributed by atoms with Crippen LogP contribution in [0.1, 0.15) is 38.5 Å². The van der Waals surface area contributed by atoms with Crippen molar-refractivity contribution in [3.8, 4) is 0 Å². The van der Waals surface area contributed by atoms with E-state index in [1.54, 1.807) is 0 Å². The lowest BCUT2D eigenvalue weighted by atomic mass is 10.1. The van der Waals surface area contributed by atoms with Crippen LogP contribution >= 0.6 is 31.9 Å². The summed E-state index contributed by atoms with van der Waals surface area (Å²) >= 11 is 6.14. The van der Waals surface area contributed by atoms with Crippen LogP contribution in [0.25, 0.3) is 0 Å². The molecule has 0 rings (SSSR count). The van der Waals surface area contributed by atoms with Crippen molar-refractivity contribution in [2.45, 2.75) is 48.2 Å². The smallest absolute Gasteiger partial charge is 0.317 e. The summed E-state index contributed by atoms with van der Waals surface area (Å²) in [5, 5.41) is 17.2. The Morgan fingerprint density at radius 2 is 1.12 bits per heavy atom. The first-order valence-corrected chi connectivity index (χ1v) is 7.02. The highest BCUT2D eigenvalue weighted by Gasteiger charge is 2.13. The van der Waals surface area contributed by atoms with Crippen molar-refractivity contribution in [1.82, 2.24) is 0 Å². The predicted octanol–water partition coefficient (Wildman–Crippen LogP) is 3.02. The maximum Gasteiger partial charge on any atom is 0.317 e. The zero-order chi connectivity index (χ0) is 12.6. The molecule has 2 unspecified atom stereocenters. The molecular weight excluding hydrogens is 344 g/mol. The molecule has 2 atom stereocenters. The Morgan fingerprint density at radius 1 is 0.812 bits per heavy atom. The topological polar surface area (TPSA) is 74.6 Å². The molecule has 0 aromatic carbocycles. The van der Waals surface area contributed by atoms with Crippen molar-refractivity contribution in [3.05, 3.63) is 0 Å². The average molecular weight is 360 g/mol. The summed E-state index contributed by atoms with van der Waals surface area (Å²) in [5.74, 6) is -1.65. The number of aliphatic carboxylic acids is 2. The molecule has 0 saturated carbocycles. The lowest BCUT2D eigenvalue weighted by molar-refractivity contribution is -0.137. The maximum atomic E-state index is 10.5. The molecule has 2 N–H and O–H groups in total. The van der Waals surface area contributed by atoms with Crippen LogP contribution in [0.4, 0.5) is 0 Å². The van der Waals surface area contributed by atoms with Crippen LogP contribution in [-0.4, -0.2) is 31.8 Å². The van der Waals surface area contributed by atoms with Crippen LogP contribution in [0.2, 0.25) is 0 Å². The first-order valence-electron chi connectivity index (χ1n) is 5.19. The van der Waals surface area contributed by atoms with E-state index in [9.17, 15) is 9.59 Å². The number of halogens is 2. The van der Waals surface area contributed by atoms with Crippen molar-refractivity contribution < 1.29 is 19.8 Å². The summed E-state index contributed by atoms with van der Waals surface area (Å²) in [5.41, 5.74) is 0. The third kappa shape index (κ3) is 8.10. The number of hydrogen-bond acceptors (Lipinski definition) is 2. The van der Waals surface area contributed by atoms with Gasteiger partial charge in [-0.05, 0) is 12.8 Å². The van der Waals surface area contributed by atoms with Gasteiger partial charge in [-0.25, -0.2) is 0 Å². The zero-order valence-electron chi connectivity index (χ0n) is 8.86. The molecule has 0 aliphatic rings. The van der Waals surface area contributed by atoms with Crippen LogP contribution < -0.4 is 0 Å².